The molecule has 0 radical (unpaired) electrons. The highest BCUT2D eigenvalue weighted by atomic mass is 35.5. The van der Waals surface area contributed by atoms with Gasteiger partial charge in [0.15, 0.2) is 0 Å². The summed E-state index contributed by atoms with van der Waals surface area (Å²) in [5, 5.41) is 9.68. The van der Waals surface area contributed by atoms with E-state index in [-0.39, 0.29) is 0 Å². The van der Waals surface area contributed by atoms with Gasteiger partial charge in [0.05, 0.1) is 5.41 Å². The maximum Gasteiger partial charge on any atom is 0.314 e. The largest absolute Gasteiger partial charge is 0.481 e. The van der Waals surface area contributed by atoms with E-state index >= 15 is 0 Å². The van der Waals surface area contributed by atoms with Crippen LogP contribution in [0.25, 0.3) is 0 Å². The molecule has 14 heavy (non-hydrogen) atoms. The average molecular weight is 211 g/mol. The van der Waals surface area contributed by atoms with Crippen molar-refractivity contribution in [2.75, 3.05) is 0 Å². The molecule has 0 atom stereocenters. The molecule has 0 bridgehead atoms. The third-order valence-corrected chi connectivity index (χ3v) is 3.13. The zero-order chi connectivity index (χ0) is 10.3. The lowest BCUT2D eigenvalue weighted by atomic mass is 9.95. The molecule has 0 amide bonds. The minimum absolute atomic E-state index is 0.565. The van der Waals surface area contributed by atoms with E-state index in [9.17, 15) is 4.79 Å². The molecule has 2 nitrogen and oxygen atoms in total. The van der Waals surface area contributed by atoms with Crippen molar-refractivity contribution in [2.24, 2.45) is 0 Å². The van der Waals surface area contributed by atoms with E-state index in [0.29, 0.717) is 17.9 Å². The molecule has 2 rings (SSSR count). The molecule has 1 N–H and O–H groups in total. The second-order valence-electron chi connectivity index (χ2n) is 3.87. The lowest BCUT2D eigenvalue weighted by Gasteiger charge is -2.12. The van der Waals surface area contributed by atoms with Crippen LogP contribution in [-0.4, -0.2) is 11.1 Å². The number of carboxylic acids is 1. The highest BCUT2D eigenvalue weighted by Gasteiger charge is 2.52. The zero-order valence-corrected chi connectivity index (χ0v) is 8.64. The van der Waals surface area contributed by atoms with Crippen LogP contribution in [0.1, 0.15) is 24.0 Å². The van der Waals surface area contributed by atoms with Gasteiger partial charge in [-0.1, -0.05) is 29.3 Å². The van der Waals surface area contributed by atoms with Crippen molar-refractivity contribution < 1.29 is 9.90 Å². The van der Waals surface area contributed by atoms with Gasteiger partial charge in [-0.05, 0) is 31.4 Å². The Bertz CT molecular complexity index is 394. The van der Waals surface area contributed by atoms with E-state index in [4.69, 9.17) is 16.7 Å². The van der Waals surface area contributed by atoms with Crippen LogP contribution in [0.2, 0.25) is 5.02 Å². The third-order valence-electron chi connectivity index (χ3n) is 2.80. The molecule has 1 aromatic carbocycles. The van der Waals surface area contributed by atoms with Gasteiger partial charge in [0.25, 0.3) is 0 Å². The van der Waals surface area contributed by atoms with E-state index in [1.807, 2.05) is 19.1 Å². The Balaban J connectivity index is 2.51. The number of hydrogen-bond acceptors (Lipinski definition) is 1. The molecule has 1 saturated carbocycles. The first-order chi connectivity index (χ1) is 6.56. The van der Waals surface area contributed by atoms with E-state index < -0.39 is 11.4 Å². The number of benzene rings is 1. The quantitative estimate of drug-likeness (QED) is 0.815. The molecule has 0 heterocycles. The van der Waals surface area contributed by atoms with Crippen molar-refractivity contribution in [2.45, 2.75) is 25.2 Å². The lowest BCUT2D eigenvalue weighted by molar-refractivity contribution is -0.140. The van der Waals surface area contributed by atoms with Crippen LogP contribution in [-0.2, 0) is 10.2 Å². The topological polar surface area (TPSA) is 37.3 Å². The monoisotopic (exact) mass is 210 g/mol. The van der Waals surface area contributed by atoms with E-state index in [2.05, 4.69) is 0 Å². The maximum atomic E-state index is 11.1. The Morgan fingerprint density at radius 2 is 2.14 bits per heavy atom. The highest BCUT2D eigenvalue weighted by molar-refractivity contribution is 6.31. The van der Waals surface area contributed by atoms with Crippen LogP contribution in [0.4, 0.5) is 0 Å². The van der Waals surface area contributed by atoms with Gasteiger partial charge in [0.1, 0.15) is 0 Å². The van der Waals surface area contributed by atoms with Gasteiger partial charge < -0.3 is 5.11 Å². The van der Waals surface area contributed by atoms with Gasteiger partial charge in [-0.15, -0.1) is 0 Å². The summed E-state index contributed by atoms with van der Waals surface area (Å²) in [7, 11) is 0. The fourth-order valence-electron chi connectivity index (χ4n) is 1.73. The summed E-state index contributed by atoms with van der Waals surface area (Å²) in [6, 6.07) is 5.54. The summed E-state index contributed by atoms with van der Waals surface area (Å²) < 4.78 is 0. The van der Waals surface area contributed by atoms with Crippen molar-refractivity contribution in [3.8, 4) is 0 Å². The van der Waals surface area contributed by atoms with E-state index in [1.54, 1.807) is 6.07 Å². The second-order valence-corrected chi connectivity index (χ2v) is 4.28. The molecule has 1 aliphatic rings. The Morgan fingerprint density at radius 1 is 1.50 bits per heavy atom. The van der Waals surface area contributed by atoms with Crippen LogP contribution in [0.3, 0.4) is 0 Å². The first-order valence-corrected chi connectivity index (χ1v) is 4.94. The van der Waals surface area contributed by atoms with Gasteiger partial charge in [-0.3, -0.25) is 4.79 Å². The number of carbonyl (C=O) groups is 1. The molecule has 0 saturated heterocycles. The van der Waals surface area contributed by atoms with Gasteiger partial charge >= 0.3 is 5.97 Å². The van der Waals surface area contributed by atoms with Crippen LogP contribution >= 0.6 is 11.6 Å². The summed E-state index contributed by atoms with van der Waals surface area (Å²) in [5.74, 6) is -0.759. The van der Waals surface area contributed by atoms with Crippen molar-refractivity contribution in [1.29, 1.82) is 0 Å². The zero-order valence-electron chi connectivity index (χ0n) is 7.88. The van der Waals surface area contributed by atoms with Crippen molar-refractivity contribution >= 4 is 17.6 Å². The molecule has 1 aromatic rings. The van der Waals surface area contributed by atoms with E-state index in [0.717, 1.165) is 11.1 Å². The molecular weight excluding hydrogens is 200 g/mol. The molecule has 0 aromatic heterocycles. The Kier molecular flexibility index (Phi) is 2.04. The fraction of sp³-hybridized carbons (Fsp3) is 0.364. The molecule has 74 valence electrons. The first kappa shape index (κ1) is 9.53. The average Bonchev–Trinajstić information content (AvgIpc) is 2.90. The second kappa shape index (κ2) is 2.99. The van der Waals surface area contributed by atoms with Crippen molar-refractivity contribution in [1.82, 2.24) is 0 Å². The van der Waals surface area contributed by atoms with Gasteiger partial charge in [0, 0.05) is 5.02 Å². The van der Waals surface area contributed by atoms with Gasteiger partial charge in [0.2, 0.25) is 0 Å². The van der Waals surface area contributed by atoms with Gasteiger partial charge in [-0.2, -0.15) is 0 Å². The number of rotatable bonds is 2. The van der Waals surface area contributed by atoms with Gasteiger partial charge in [-0.25, -0.2) is 0 Å². The lowest BCUT2D eigenvalue weighted by Crippen LogP contribution is -2.20. The molecule has 1 fully saturated rings. The van der Waals surface area contributed by atoms with Crippen LogP contribution in [0.15, 0.2) is 18.2 Å². The Labute approximate surface area is 87.5 Å². The predicted molar refractivity (Wildman–Crippen MR) is 54.7 cm³/mol. The summed E-state index contributed by atoms with van der Waals surface area (Å²) >= 11 is 6.00. The third kappa shape index (κ3) is 1.30. The number of aliphatic carboxylic acids is 1. The van der Waals surface area contributed by atoms with Crippen molar-refractivity contribution in [3.05, 3.63) is 34.3 Å². The number of halogens is 1. The van der Waals surface area contributed by atoms with Crippen molar-refractivity contribution in [3.63, 3.8) is 0 Å². The standard InChI is InChI=1S/C11H11ClO2/c1-7-2-3-9(12)8(6-7)11(4-5-11)10(13)14/h2-3,6H,4-5H2,1H3,(H,13,14). The minimum atomic E-state index is -0.759. The summed E-state index contributed by atoms with van der Waals surface area (Å²) in [5.41, 5.74) is 1.13. The number of carboxylic acid groups (broad SMARTS) is 1. The number of hydrogen-bond donors (Lipinski definition) is 1. The van der Waals surface area contributed by atoms with Crippen LogP contribution in [0, 0.1) is 6.92 Å². The summed E-state index contributed by atoms with van der Waals surface area (Å²) in [4.78, 5) is 11.1. The van der Waals surface area contributed by atoms with Crippen LogP contribution < -0.4 is 0 Å². The minimum Gasteiger partial charge on any atom is -0.481 e. The molecular formula is C11H11ClO2. The smallest absolute Gasteiger partial charge is 0.314 e. The maximum absolute atomic E-state index is 11.1. The van der Waals surface area contributed by atoms with Crippen LogP contribution in [0.5, 0.6) is 0 Å². The highest BCUT2D eigenvalue weighted by Crippen LogP contribution is 2.50. The molecule has 3 heteroatoms. The number of aryl methyl sites for hydroxylation is 1. The summed E-state index contributed by atoms with van der Waals surface area (Å²) in [6.07, 6.45) is 1.40. The SMILES string of the molecule is Cc1ccc(Cl)c(C2(C(=O)O)CC2)c1. The molecule has 1 aliphatic carbocycles. The molecule has 0 aliphatic heterocycles. The molecule has 0 unspecified atom stereocenters. The molecule has 0 spiro atoms. The Morgan fingerprint density at radius 3 is 2.64 bits per heavy atom. The first-order valence-electron chi connectivity index (χ1n) is 4.56. The Hall–Kier alpha value is -1.02. The summed E-state index contributed by atoms with van der Waals surface area (Å²) in [6.45, 7) is 1.94. The predicted octanol–water partition coefficient (Wildman–Crippen LogP) is 2.76. The van der Waals surface area contributed by atoms with E-state index in [1.165, 1.54) is 0 Å². The fourth-order valence-corrected chi connectivity index (χ4v) is 2.03. The normalized spacial score (nSPS) is 17.9.